The minimum absolute atomic E-state index is 0.134. The van der Waals surface area contributed by atoms with Crippen molar-refractivity contribution in [2.24, 2.45) is 0 Å². The topological polar surface area (TPSA) is 73.3 Å². The molecule has 1 aliphatic rings. The zero-order chi connectivity index (χ0) is 16.4. The van der Waals surface area contributed by atoms with Gasteiger partial charge in [0.2, 0.25) is 0 Å². The fourth-order valence-corrected chi connectivity index (χ4v) is 2.48. The Kier molecular flexibility index (Phi) is 3.76. The van der Waals surface area contributed by atoms with Crippen LogP contribution >= 0.6 is 0 Å². The molecule has 0 aliphatic carbocycles. The number of amidine groups is 1. The Morgan fingerprint density at radius 2 is 1.48 bits per heavy atom. The second-order valence-corrected chi connectivity index (χ2v) is 5.16. The number of hydrogen-bond acceptors (Lipinski definition) is 3. The fraction of sp³-hybridized carbons (Fsp3) is 0.0556. The van der Waals surface area contributed by atoms with E-state index in [1.807, 2.05) is 30.3 Å². The summed E-state index contributed by atoms with van der Waals surface area (Å²) in [6.45, 7) is 1.77. The van der Waals surface area contributed by atoms with Crippen LogP contribution in [0.2, 0.25) is 0 Å². The predicted molar refractivity (Wildman–Crippen MR) is 87.5 cm³/mol. The van der Waals surface area contributed by atoms with E-state index < -0.39 is 11.8 Å². The van der Waals surface area contributed by atoms with Gasteiger partial charge in [0, 0.05) is 5.56 Å². The third kappa shape index (κ3) is 2.64. The summed E-state index contributed by atoms with van der Waals surface area (Å²) >= 11 is 0. The molecule has 0 saturated carbocycles. The number of benzene rings is 2. The molecule has 3 rings (SSSR count). The molecule has 0 spiro atoms. The van der Waals surface area contributed by atoms with Crippen LogP contribution in [0.5, 0.6) is 0 Å². The number of amides is 2. The highest BCUT2D eigenvalue weighted by atomic mass is 16.2. The van der Waals surface area contributed by atoms with Crippen molar-refractivity contribution in [2.75, 3.05) is 0 Å². The standard InChI is InChI=1S/C18H15N3O2/c1-12(13-8-4-2-5-9-13)15-16(19)21(20-17(15)22)18(23)14-10-6-3-7-11-14/h2-11,19H,1H3,(H,20,22)/b15-12-,19-16?. The number of carbonyl (C=O) groups is 2. The van der Waals surface area contributed by atoms with E-state index in [9.17, 15) is 9.59 Å². The van der Waals surface area contributed by atoms with Crippen LogP contribution in [0.4, 0.5) is 0 Å². The minimum atomic E-state index is -0.444. The summed E-state index contributed by atoms with van der Waals surface area (Å²) in [5, 5.41) is 9.20. The maximum Gasteiger partial charge on any atom is 0.278 e. The third-order valence-electron chi connectivity index (χ3n) is 3.71. The number of rotatable bonds is 2. The molecule has 2 amide bonds. The highest BCUT2D eigenvalue weighted by Crippen LogP contribution is 2.23. The Labute approximate surface area is 133 Å². The van der Waals surface area contributed by atoms with Crippen LogP contribution < -0.4 is 5.43 Å². The molecule has 23 heavy (non-hydrogen) atoms. The SMILES string of the molecule is C/C(=C1\C(=N)N(C(=O)c2ccccc2)NC1=O)c1ccccc1. The Balaban J connectivity index is 1.96. The summed E-state index contributed by atoms with van der Waals surface area (Å²) in [5.41, 5.74) is 4.59. The molecule has 2 aromatic carbocycles. The maximum absolute atomic E-state index is 12.5. The van der Waals surface area contributed by atoms with Gasteiger partial charge in [0.1, 0.15) is 0 Å². The van der Waals surface area contributed by atoms with Gasteiger partial charge in [-0.2, -0.15) is 5.01 Å². The molecule has 0 bridgehead atoms. The van der Waals surface area contributed by atoms with Crippen LogP contribution in [0.1, 0.15) is 22.8 Å². The van der Waals surface area contributed by atoms with Gasteiger partial charge in [-0.3, -0.25) is 20.4 Å². The Morgan fingerprint density at radius 1 is 0.957 bits per heavy atom. The first-order valence-electron chi connectivity index (χ1n) is 7.15. The maximum atomic E-state index is 12.5. The second-order valence-electron chi connectivity index (χ2n) is 5.16. The molecule has 1 fully saturated rings. The van der Waals surface area contributed by atoms with E-state index in [-0.39, 0.29) is 11.4 Å². The van der Waals surface area contributed by atoms with E-state index in [2.05, 4.69) is 5.43 Å². The number of nitrogens with one attached hydrogen (secondary N) is 2. The number of carbonyl (C=O) groups excluding carboxylic acids is 2. The van der Waals surface area contributed by atoms with Crippen molar-refractivity contribution < 1.29 is 9.59 Å². The molecule has 1 heterocycles. The summed E-state index contributed by atoms with van der Waals surface area (Å²) in [6.07, 6.45) is 0. The monoisotopic (exact) mass is 305 g/mol. The van der Waals surface area contributed by atoms with Gasteiger partial charge in [-0.1, -0.05) is 48.5 Å². The van der Waals surface area contributed by atoms with Gasteiger partial charge in [0.15, 0.2) is 5.84 Å². The van der Waals surface area contributed by atoms with Gasteiger partial charge in [-0.05, 0) is 30.2 Å². The van der Waals surface area contributed by atoms with Gasteiger partial charge < -0.3 is 0 Å². The molecule has 0 unspecified atom stereocenters. The van der Waals surface area contributed by atoms with Crippen molar-refractivity contribution >= 4 is 23.2 Å². The van der Waals surface area contributed by atoms with E-state index in [4.69, 9.17) is 5.41 Å². The summed E-state index contributed by atoms with van der Waals surface area (Å²) in [4.78, 5) is 24.7. The molecule has 2 aromatic rings. The quantitative estimate of drug-likeness (QED) is 0.837. The van der Waals surface area contributed by atoms with Crippen LogP contribution in [-0.2, 0) is 4.79 Å². The van der Waals surface area contributed by atoms with Crippen LogP contribution in [-0.4, -0.2) is 22.7 Å². The highest BCUT2D eigenvalue weighted by Gasteiger charge is 2.36. The number of hydrogen-bond donors (Lipinski definition) is 2. The van der Waals surface area contributed by atoms with E-state index in [1.165, 1.54) is 0 Å². The van der Waals surface area contributed by atoms with Crippen molar-refractivity contribution in [2.45, 2.75) is 6.92 Å². The lowest BCUT2D eigenvalue weighted by molar-refractivity contribution is -0.118. The van der Waals surface area contributed by atoms with Gasteiger partial charge in [0.25, 0.3) is 11.8 Å². The average molecular weight is 305 g/mol. The van der Waals surface area contributed by atoms with Crippen molar-refractivity contribution in [3.63, 3.8) is 0 Å². The predicted octanol–water partition coefficient (Wildman–Crippen LogP) is 2.62. The fourth-order valence-electron chi connectivity index (χ4n) is 2.48. The molecule has 5 heteroatoms. The van der Waals surface area contributed by atoms with Gasteiger partial charge in [-0.15, -0.1) is 0 Å². The van der Waals surface area contributed by atoms with E-state index in [1.54, 1.807) is 37.3 Å². The summed E-state index contributed by atoms with van der Waals surface area (Å²) < 4.78 is 0. The van der Waals surface area contributed by atoms with Gasteiger partial charge in [-0.25, -0.2) is 0 Å². The van der Waals surface area contributed by atoms with Crippen molar-refractivity contribution in [3.05, 3.63) is 77.4 Å². The van der Waals surface area contributed by atoms with Crippen molar-refractivity contribution in [1.29, 1.82) is 5.41 Å². The summed E-state index contributed by atoms with van der Waals surface area (Å²) in [6, 6.07) is 17.9. The normalized spacial score (nSPS) is 16.3. The van der Waals surface area contributed by atoms with Gasteiger partial charge in [0.05, 0.1) is 5.57 Å². The van der Waals surface area contributed by atoms with Gasteiger partial charge >= 0.3 is 0 Å². The molecule has 5 nitrogen and oxygen atoms in total. The molecular formula is C18H15N3O2. The van der Waals surface area contributed by atoms with Crippen molar-refractivity contribution in [3.8, 4) is 0 Å². The summed E-state index contributed by atoms with van der Waals surface area (Å²) in [5.74, 6) is -1.01. The van der Waals surface area contributed by atoms with Crippen LogP contribution in [0.25, 0.3) is 5.57 Å². The lowest BCUT2D eigenvalue weighted by atomic mass is 10.0. The average Bonchev–Trinajstić information content (AvgIpc) is 2.89. The molecule has 1 aliphatic heterocycles. The van der Waals surface area contributed by atoms with Crippen LogP contribution in [0.3, 0.4) is 0 Å². The molecule has 1 saturated heterocycles. The Morgan fingerprint density at radius 3 is 2.04 bits per heavy atom. The number of allylic oxidation sites excluding steroid dienone is 1. The minimum Gasteiger partial charge on any atom is -0.282 e. The zero-order valence-corrected chi connectivity index (χ0v) is 12.5. The van der Waals surface area contributed by atoms with E-state index in [0.29, 0.717) is 11.1 Å². The molecule has 0 radical (unpaired) electrons. The third-order valence-corrected chi connectivity index (χ3v) is 3.71. The lowest BCUT2D eigenvalue weighted by Gasteiger charge is -2.14. The van der Waals surface area contributed by atoms with E-state index >= 15 is 0 Å². The largest absolute Gasteiger partial charge is 0.282 e. The van der Waals surface area contributed by atoms with E-state index in [0.717, 1.165) is 10.6 Å². The number of nitrogens with zero attached hydrogens (tertiary/aromatic N) is 1. The summed E-state index contributed by atoms with van der Waals surface area (Å²) in [7, 11) is 0. The van der Waals surface area contributed by atoms with Crippen molar-refractivity contribution in [1.82, 2.24) is 10.4 Å². The van der Waals surface area contributed by atoms with Crippen LogP contribution in [0.15, 0.2) is 66.2 Å². The first-order valence-corrected chi connectivity index (χ1v) is 7.15. The molecule has 0 aromatic heterocycles. The molecule has 2 N–H and O–H groups in total. The Hall–Kier alpha value is -3.21. The molecule has 114 valence electrons. The Bertz CT molecular complexity index is 811. The zero-order valence-electron chi connectivity index (χ0n) is 12.5. The lowest BCUT2D eigenvalue weighted by Crippen LogP contribution is -2.40. The first-order chi connectivity index (χ1) is 11.1. The molecular weight excluding hydrogens is 290 g/mol. The highest BCUT2D eigenvalue weighted by molar-refractivity contribution is 6.32. The number of hydrazine groups is 1. The smallest absolute Gasteiger partial charge is 0.278 e. The second kappa shape index (κ2) is 5.88. The first kappa shape index (κ1) is 14.7. The van der Waals surface area contributed by atoms with Crippen LogP contribution in [0, 0.1) is 5.41 Å². The molecule has 0 atom stereocenters.